The van der Waals surface area contributed by atoms with Crippen LogP contribution >= 0.6 is 0 Å². The minimum Gasteiger partial charge on any atom is -0.350 e. The molecule has 6 nitrogen and oxygen atoms in total. The number of hydrogen-bond donors (Lipinski definition) is 1. The van der Waals surface area contributed by atoms with Gasteiger partial charge < -0.3 is 10.2 Å². The third-order valence-corrected chi connectivity index (χ3v) is 8.99. The molecule has 0 aromatic heterocycles. The van der Waals surface area contributed by atoms with Crippen LogP contribution in [0.15, 0.2) is 102 Å². The number of alkyl halides is 3. The number of halogens is 3. The molecule has 1 aliphatic heterocycles. The lowest BCUT2D eigenvalue weighted by Crippen LogP contribution is -2.47. The molecule has 4 aromatic rings. The molecule has 0 spiro atoms. The minimum absolute atomic E-state index is 0.0655. The SMILES string of the molecule is CN(C)Cc1ccc(CNC(=O)[C@@H]2Cc3ccccc3N2S(=O)(=O)c2ccc(-c3cccc(C(F)(F)F)c3)cc2)cc1. The Hall–Kier alpha value is -4.15. The van der Waals surface area contributed by atoms with Gasteiger partial charge in [0.25, 0.3) is 10.0 Å². The molecule has 1 aliphatic rings. The molecule has 10 heteroatoms. The van der Waals surface area contributed by atoms with Crippen molar-refractivity contribution in [2.24, 2.45) is 0 Å². The highest BCUT2D eigenvalue weighted by molar-refractivity contribution is 7.93. The molecule has 0 saturated heterocycles. The van der Waals surface area contributed by atoms with Gasteiger partial charge in [0.1, 0.15) is 6.04 Å². The third kappa shape index (κ3) is 6.19. The highest BCUT2D eigenvalue weighted by Crippen LogP contribution is 2.38. The number of amides is 1. The number of carbonyl (C=O) groups excluding carboxylic acids is 1. The van der Waals surface area contributed by atoms with E-state index in [0.29, 0.717) is 16.8 Å². The first-order chi connectivity index (χ1) is 19.9. The highest BCUT2D eigenvalue weighted by Gasteiger charge is 2.42. The van der Waals surface area contributed by atoms with Crippen molar-refractivity contribution in [3.05, 3.63) is 119 Å². The molecule has 0 unspecified atom stereocenters. The van der Waals surface area contributed by atoms with Crippen LogP contribution < -0.4 is 9.62 Å². The Morgan fingerprint density at radius 2 is 1.55 bits per heavy atom. The van der Waals surface area contributed by atoms with Crippen LogP contribution in [0, 0.1) is 0 Å². The molecule has 1 N–H and O–H groups in total. The van der Waals surface area contributed by atoms with Crippen molar-refractivity contribution in [1.82, 2.24) is 10.2 Å². The Balaban J connectivity index is 1.38. The minimum atomic E-state index is -4.49. The predicted molar refractivity (Wildman–Crippen MR) is 156 cm³/mol. The summed E-state index contributed by atoms with van der Waals surface area (Å²) < 4.78 is 68.6. The molecule has 0 bridgehead atoms. The van der Waals surface area contributed by atoms with Crippen molar-refractivity contribution in [2.75, 3.05) is 18.4 Å². The highest BCUT2D eigenvalue weighted by atomic mass is 32.2. The summed E-state index contributed by atoms with van der Waals surface area (Å²) in [6.45, 7) is 1.04. The maximum absolute atomic E-state index is 13.9. The number of rotatable bonds is 8. The van der Waals surface area contributed by atoms with Gasteiger partial charge >= 0.3 is 6.18 Å². The molecule has 1 amide bonds. The van der Waals surface area contributed by atoms with E-state index in [4.69, 9.17) is 0 Å². The van der Waals surface area contributed by atoms with Crippen LogP contribution in [0.1, 0.15) is 22.3 Å². The first-order valence-corrected chi connectivity index (χ1v) is 14.8. The van der Waals surface area contributed by atoms with Crippen molar-refractivity contribution in [1.29, 1.82) is 0 Å². The Bertz CT molecular complexity index is 1690. The van der Waals surface area contributed by atoms with Gasteiger partial charge in [-0.25, -0.2) is 8.42 Å². The lowest BCUT2D eigenvalue weighted by molar-refractivity contribution is -0.137. The summed E-state index contributed by atoms with van der Waals surface area (Å²) in [6, 6.07) is 24.3. The first kappa shape index (κ1) is 29.3. The molecule has 42 heavy (non-hydrogen) atoms. The summed E-state index contributed by atoms with van der Waals surface area (Å²) in [7, 11) is -0.220. The van der Waals surface area contributed by atoms with Gasteiger partial charge in [0, 0.05) is 19.5 Å². The largest absolute Gasteiger partial charge is 0.416 e. The van der Waals surface area contributed by atoms with E-state index in [1.54, 1.807) is 24.3 Å². The summed E-state index contributed by atoms with van der Waals surface area (Å²) in [5.41, 5.74) is 3.14. The number of fused-ring (bicyclic) bond motifs is 1. The van der Waals surface area contributed by atoms with Crippen LogP contribution in [0.4, 0.5) is 18.9 Å². The monoisotopic (exact) mass is 593 g/mol. The number of sulfonamides is 1. The molecule has 0 saturated carbocycles. The Kier molecular flexibility index (Phi) is 8.12. The van der Waals surface area contributed by atoms with E-state index in [-0.39, 0.29) is 17.9 Å². The van der Waals surface area contributed by atoms with Gasteiger partial charge in [-0.2, -0.15) is 13.2 Å². The summed E-state index contributed by atoms with van der Waals surface area (Å²) >= 11 is 0. The van der Waals surface area contributed by atoms with Crippen LogP contribution in [-0.2, 0) is 40.5 Å². The molecule has 1 atom stereocenters. The number of nitrogens with zero attached hydrogens (tertiary/aromatic N) is 2. The average molecular weight is 594 g/mol. The van der Waals surface area contributed by atoms with Crippen LogP contribution in [0.5, 0.6) is 0 Å². The van der Waals surface area contributed by atoms with Gasteiger partial charge in [-0.1, -0.05) is 66.7 Å². The number of carbonyl (C=O) groups is 1. The van der Waals surface area contributed by atoms with Gasteiger partial charge in [-0.05, 0) is 72.2 Å². The number of hydrogen-bond acceptors (Lipinski definition) is 4. The Labute approximate surface area is 243 Å². The zero-order chi connectivity index (χ0) is 30.1. The second-order valence-corrected chi connectivity index (χ2v) is 12.3. The number of benzene rings is 4. The molecular weight excluding hydrogens is 563 g/mol. The topological polar surface area (TPSA) is 69.7 Å². The van der Waals surface area contributed by atoms with E-state index >= 15 is 0 Å². The smallest absolute Gasteiger partial charge is 0.350 e. The maximum atomic E-state index is 13.9. The third-order valence-electron chi connectivity index (χ3n) is 7.15. The molecule has 0 fully saturated rings. The number of nitrogens with one attached hydrogen (secondary N) is 1. The molecule has 218 valence electrons. The summed E-state index contributed by atoms with van der Waals surface area (Å²) in [6.07, 6.45) is -4.28. The number of anilines is 1. The number of para-hydroxylation sites is 1. The standard InChI is InChI=1S/C32H30F3N3O3S/c1-37(2)21-23-12-10-22(11-13-23)20-36-31(39)30-19-26-6-3-4-9-29(26)38(30)42(40,41)28-16-14-24(15-17-28)25-7-5-8-27(18-25)32(33,34)35/h3-18,30H,19-21H2,1-2H3,(H,36,39)/t30-/m0/s1. The Morgan fingerprint density at radius 3 is 2.21 bits per heavy atom. The lowest BCUT2D eigenvalue weighted by atomic mass is 10.0. The van der Waals surface area contributed by atoms with Gasteiger partial charge in [0.2, 0.25) is 5.91 Å². The van der Waals surface area contributed by atoms with E-state index in [2.05, 4.69) is 10.2 Å². The second-order valence-electron chi connectivity index (χ2n) is 10.5. The van der Waals surface area contributed by atoms with E-state index < -0.39 is 33.7 Å². The van der Waals surface area contributed by atoms with Crippen molar-refractivity contribution in [3.8, 4) is 11.1 Å². The predicted octanol–water partition coefficient (Wildman–Crippen LogP) is 5.87. The van der Waals surface area contributed by atoms with Gasteiger partial charge in [-0.3, -0.25) is 9.10 Å². The fraction of sp³-hybridized carbons (Fsp3) is 0.219. The fourth-order valence-electron chi connectivity index (χ4n) is 5.10. The molecule has 1 heterocycles. The zero-order valence-corrected chi connectivity index (χ0v) is 23.9. The van der Waals surface area contributed by atoms with Gasteiger partial charge in [0.05, 0.1) is 16.1 Å². The van der Waals surface area contributed by atoms with Gasteiger partial charge in [0.15, 0.2) is 0 Å². The zero-order valence-electron chi connectivity index (χ0n) is 23.1. The van der Waals surface area contributed by atoms with Crippen LogP contribution in [0.2, 0.25) is 0 Å². The van der Waals surface area contributed by atoms with Crippen LogP contribution in [0.25, 0.3) is 11.1 Å². The van der Waals surface area contributed by atoms with E-state index in [0.717, 1.165) is 39.7 Å². The van der Waals surface area contributed by atoms with Crippen LogP contribution in [0.3, 0.4) is 0 Å². The fourth-order valence-corrected chi connectivity index (χ4v) is 6.75. The van der Waals surface area contributed by atoms with Crippen molar-refractivity contribution < 1.29 is 26.4 Å². The molecular formula is C32H30F3N3O3S. The van der Waals surface area contributed by atoms with Gasteiger partial charge in [-0.15, -0.1) is 0 Å². The summed E-state index contributed by atoms with van der Waals surface area (Å²) in [5, 5.41) is 2.89. The molecule has 5 rings (SSSR count). The summed E-state index contributed by atoms with van der Waals surface area (Å²) in [4.78, 5) is 15.4. The average Bonchev–Trinajstić information content (AvgIpc) is 3.37. The maximum Gasteiger partial charge on any atom is 0.416 e. The van der Waals surface area contributed by atoms with Crippen LogP contribution in [-0.4, -0.2) is 39.4 Å². The lowest BCUT2D eigenvalue weighted by Gasteiger charge is -2.26. The normalized spacial score (nSPS) is 15.1. The first-order valence-electron chi connectivity index (χ1n) is 13.3. The second kappa shape index (κ2) is 11.6. The Morgan fingerprint density at radius 1 is 0.881 bits per heavy atom. The van der Waals surface area contributed by atoms with E-state index in [1.807, 2.05) is 38.4 Å². The van der Waals surface area contributed by atoms with E-state index in [9.17, 15) is 26.4 Å². The molecule has 4 aromatic carbocycles. The summed E-state index contributed by atoms with van der Waals surface area (Å²) in [5.74, 6) is -0.423. The van der Waals surface area contributed by atoms with E-state index in [1.165, 1.54) is 36.4 Å². The molecule has 0 radical (unpaired) electrons. The van der Waals surface area contributed by atoms with Crippen molar-refractivity contribution >= 4 is 21.6 Å². The molecule has 0 aliphatic carbocycles. The van der Waals surface area contributed by atoms with Crippen molar-refractivity contribution in [3.63, 3.8) is 0 Å². The quantitative estimate of drug-likeness (QED) is 0.278. The van der Waals surface area contributed by atoms with Crippen molar-refractivity contribution in [2.45, 2.75) is 36.6 Å².